The quantitative estimate of drug-likeness (QED) is 0.126. The van der Waals surface area contributed by atoms with Crippen LogP contribution in [0.5, 0.6) is 23.0 Å². The summed E-state index contributed by atoms with van der Waals surface area (Å²) in [6.45, 7) is 0.147. The van der Waals surface area contributed by atoms with E-state index in [1.807, 2.05) is 6.08 Å². The van der Waals surface area contributed by atoms with Crippen molar-refractivity contribution in [3.63, 3.8) is 0 Å². The molecule has 3 fully saturated rings. The highest BCUT2D eigenvalue weighted by atomic mass is 35.5. The number of imide groups is 2. The number of phenolic OH excluding ortho intramolecular Hbond substituents is 2. The van der Waals surface area contributed by atoms with Gasteiger partial charge < -0.3 is 19.7 Å². The van der Waals surface area contributed by atoms with Crippen molar-refractivity contribution in [2.24, 2.45) is 23.7 Å². The molecule has 4 aromatic carbocycles. The summed E-state index contributed by atoms with van der Waals surface area (Å²) >= 11 is 12.7. The molecule has 0 bridgehead atoms. The summed E-state index contributed by atoms with van der Waals surface area (Å²) in [5.74, 6) is -5.27. The van der Waals surface area contributed by atoms with Gasteiger partial charge in [-0.25, -0.2) is 0 Å². The zero-order chi connectivity index (χ0) is 38.8. The first kappa shape index (κ1) is 36.5. The summed E-state index contributed by atoms with van der Waals surface area (Å²) in [7, 11) is 2.96. The zero-order valence-electron chi connectivity index (χ0n) is 29.9. The molecular weight excluding hydrogens is 745 g/mol. The van der Waals surface area contributed by atoms with Gasteiger partial charge in [0.15, 0.2) is 11.5 Å². The van der Waals surface area contributed by atoms with Crippen LogP contribution in [0.4, 0.5) is 5.69 Å². The van der Waals surface area contributed by atoms with Crippen molar-refractivity contribution in [1.29, 1.82) is 0 Å². The average molecular weight is 783 g/mol. The monoisotopic (exact) mass is 781 g/mol. The first-order chi connectivity index (χ1) is 26.5. The maximum atomic E-state index is 15.4. The Bertz CT molecular complexity index is 2260. The Labute approximate surface area is 327 Å². The van der Waals surface area contributed by atoms with Crippen LogP contribution in [0.15, 0.2) is 96.6 Å². The molecule has 13 heteroatoms. The smallest absolute Gasteiger partial charge is 0.260 e. The van der Waals surface area contributed by atoms with E-state index in [-0.39, 0.29) is 59.2 Å². The average Bonchev–Trinajstić information content (AvgIpc) is 3.56. The van der Waals surface area contributed by atoms with E-state index in [9.17, 15) is 24.6 Å². The van der Waals surface area contributed by atoms with Crippen molar-refractivity contribution in [1.82, 2.24) is 9.91 Å². The Morgan fingerprint density at radius 3 is 2.29 bits per heavy atom. The zero-order valence-corrected chi connectivity index (χ0v) is 31.4. The van der Waals surface area contributed by atoms with Crippen molar-refractivity contribution in [3.8, 4) is 23.0 Å². The molecule has 2 saturated heterocycles. The van der Waals surface area contributed by atoms with E-state index in [1.54, 1.807) is 78.9 Å². The number of nitrogens with zero attached hydrogens (tertiary/aromatic N) is 2. The number of hydrogen-bond donors (Lipinski definition) is 3. The fourth-order valence-corrected chi connectivity index (χ4v) is 9.76. The summed E-state index contributed by atoms with van der Waals surface area (Å²) in [5.41, 5.74) is 3.98. The maximum absolute atomic E-state index is 15.4. The lowest BCUT2D eigenvalue weighted by Crippen LogP contribution is -2.53. The van der Waals surface area contributed by atoms with E-state index in [1.165, 1.54) is 25.2 Å². The van der Waals surface area contributed by atoms with Crippen LogP contribution in [-0.2, 0) is 31.0 Å². The van der Waals surface area contributed by atoms with Crippen molar-refractivity contribution in [2.45, 2.75) is 30.6 Å². The number of anilines is 1. The topological polar surface area (TPSA) is 146 Å². The minimum atomic E-state index is -1.64. The first-order valence-corrected chi connectivity index (χ1v) is 18.7. The standard InChI is InChI=1S/C42H37Cl2N3O8/c1-54-26-13-8-23(9-14-26)42-31(39(51)47(41(42)53)45-33-17-10-24(43)20-32(33)44)21-30-27(36(42)29-4-3-5-34(55-2)37(29)49)15-16-28-35(30)40(52)46(38(28)50)19-18-22-6-11-25(48)12-7-22/h3-15,17,20,28,30-31,35-36,45,48-49H,16,18-19,21H2,1-2H3/t28-,30+,31-,35-,36+,42+/m0/s1. The third-order valence-electron chi connectivity index (χ3n) is 11.8. The highest BCUT2D eigenvalue weighted by Crippen LogP contribution is 2.65. The number of allylic oxidation sites excluding steroid dienone is 2. The van der Waals surface area contributed by atoms with Crippen LogP contribution in [0.1, 0.15) is 35.4 Å². The normalized spacial score (nSPS) is 25.7. The number of amides is 4. The van der Waals surface area contributed by atoms with Gasteiger partial charge in [-0.15, -0.1) is 0 Å². The van der Waals surface area contributed by atoms with Crippen LogP contribution < -0.4 is 14.9 Å². The second-order valence-corrected chi connectivity index (χ2v) is 15.2. The van der Waals surface area contributed by atoms with Crippen molar-refractivity contribution < 1.29 is 38.9 Å². The molecule has 6 atom stereocenters. The highest BCUT2D eigenvalue weighted by Gasteiger charge is 2.70. The van der Waals surface area contributed by atoms with Crippen LogP contribution in [-0.4, -0.2) is 64.5 Å². The number of carbonyl (C=O) groups is 4. The number of aromatic hydroxyl groups is 2. The van der Waals surface area contributed by atoms with Crippen LogP contribution in [0.3, 0.4) is 0 Å². The largest absolute Gasteiger partial charge is 0.508 e. The molecule has 4 aliphatic rings. The number of nitrogens with one attached hydrogen (secondary N) is 1. The molecule has 2 heterocycles. The lowest BCUT2D eigenvalue weighted by molar-refractivity contribution is -0.141. The molecule has 0 radical (unpaired) electrons. The molecule has 2 aliphatic heterocycles. The first-order valence-electron chi connectivity index (χ1n) is 17.9. The number of ether oxygens (including phenoxy) is 2. The number of hydrazine groups is 1. The van der Waals surface area contributed by atoms with Gasteiger partial charge in [-0.05, 0) is 84.8 Å². The minimum absolute atomic E-state index is 0.0716. The third-order valence-corrected chi connectivity index (χ3v) is 12.3. The number of methoxy groups -OCH3 is 2. The molecule has 0 unspecified atom stereocenters. The molecule has 0 spiro atoms. The van der Waals surface area contributed by atoms with Crippen LogP contribution in [0, 0.1) is 23.7 Å². The van der Waals surface area contributed by atoms with Crippen molar-refractivity contribution in [3.05, 3.63) is 123 Å². The van der Waals surface area contributed by atoms with Gasteiger partial charge >= 0.3 is 0 Å². The number of likely N-dealkylation sites (tertiary alicyclic amines) is 1. The van der Waals surface area contributed by atoms with E-state index >= 15 is 4.79 Å². The minimum Gasteiger partial charge on any atom is -0.508 e. The summed E-state index contributed by atoms with van der Waals surface area (Å²) in [4.78, 5) is 60.1. The van der Waals surface area contributed by atoms with Crippen LogP contribution in [0.25, 0.3) is 0 Å². The molecule has 2 aliphatic carbocycles. The van der Waals surface area contributed by atoms with E-state index in [2.05, 4.69) is 5.43 Å². The van der Waals surface area contributed by atoms with Gasteiger partial charge in [-0.1, -0.05) is 71.2 Å². The Morgan fingerprint density at radius 1 is 0.855 bits per heavy atom. The molecule has 1 saturated carbocycles. The summed E-state index contributed by atoms with van der Waals surface area (Å²) in [6, 6.07) is 23.2. The maximum Gasteiger partial charge on any atom is 0.260 e. The highest BCUT2D eigenvalue weighted by molar-refractivity contribution is 6.36. The van der Waals surface area contributed by atoms with Gasteiger partial charge in [0.25, 0.3) is 11.8 Å². The van der Waals surface area contributed by atoms with Gasteiger partial charge in [-0.2, -0.15) is 5.01 Å². The summed E-state index contributed by atoms with van der Waals surface area (Å²) in [6.07, 6.45) is 2.62. The lowest BCUT2D eigenvalue weighted by Gasteiger charge is -2.50. The fourth-order valence-electron chi connectivity index (χ4n) is 9.31. The molecule has 0 aromatic heterocycles. The number of para-hydroxylation sites is 1. The fraction of sp³-hybridized carbons (Fsp3) is 0.286. The van der Waals surface area contributed by atoms with Crippen LogP contribution in [0.2, 0.25) is 10.0 Å². The Balaban J connectivity index is 1.28. The van der Waals surface area contributed by atoms with E-state index in [0.29, 0.717) is 33.9 Å². The Hall–Kier alpha value is -5.52. The van der Waals surface area contributed by atoms with E-state index < -0.39 is 46.8 Å². The van der Waals surface area contributed by atoms with E-state index in [4.69, 9.17) is 32.7 Å². The van der Waals surface area contributed by atoms with Gasteiger partial charge in [0.05, 0.1) is 48.1 Å². The molecular formula is C42H37Cl2N3O8. The second kappa shape index (κ2) is 14.0. The molecule has 282 valence electrons. The number of hydrogen-bond acceptors (Lipinski definition) is 9. The molecule has 3 N–H and O–H groups in total. The van der Waals surface area contributed by atoms with Gasteiger partial charge in [0.1, 0.15) is 11.5 Å². The van der Waals surface area contributed by atoms with Crippen molar-refractivity contribution in [2.75, 3.05) is 26.2 Å². The lowest BCUT2D eigenvalue weighted by atomic mass is 9.49. The van der Waals surface area contributed by atoms with E-state index in [0.717, 1.165) is 10.6 Å². The number of carbonyl (C=O) groups excluding carboxylic acids is 4. The van der Waals surface area contributed by atoms with Crippen LogP contribution >= 0.6 is 23.2 Å². The molecule has 11 nitrogen and oxygen atoms in total. The number of benzene rings is 4. The Kier molecular flexibility index (Phi) is 9.25. The second-order valence-electron chi connectivity index (χ2n) is 14.4. The number of rotatable bonds is 9. The molecule has 4 aromatic rings. The molecule has 8 rings (SSSR count). The number of phenols is 2. The van der Waals surface area contributed by atoms with Gasteiger partial charge in [0, 0.05) is 23.0 Å². The Morgan fingerprint density at radius 2 is 1.60 bits per heavy atom. The summed E-state index contributed by atoms with van der Waals surface area (Å²) in [5, 5.41) is 23.1. The molecule has 4 amide bonds. The van der Waals surface area contributed by atoms with Crippen molar-refractivity contribution >= 4 is 52.5 Å². The molecule has 55 heavy (non-hydrogen) atoms. The number of fused-ring (bicyclic) bond motifs is 4. The van der Waals surface area contributed by atoms with Gasteiger partial charge in [0.2, 0.25) is 11.8 Å². The predicted molar refractivity (Wildman–Crippen MR) is 204 cm³/mol. The predicted octanol–water partition coefficient (Wildman–Crippen LogP) is 6.65. The summed E-state index contributed by atoms with van der Waals surface area (Å²) < 4.78 is 11.0. The SMILES string of the molecule is COc1ccc([C@@]23C(=O)N(Nc4ccc(Cl)cc4Cl)C(=O)[C@@H]2C[C@@H]2C(=CC[C@@H]4C(=O)N(CCc5ccc(O)cc5)C(=O)[C@@H]42)[C@@H]3c2cccc(OC)c2O)cc1. The van der Waals surface area contributed by atoms with Gasteiger partial charge in [-0.3, -0.25) is 29.5 Å². The third kappa shape index (κ3) is 5.71. The number of halogens is 2.